The lowest BCUT2D eigenvalue weighted by Crippen LogP contribution is -2.34. The predicted molar refractivity (Wildman–Crippen MR) is 91.2 cm³/mol. The Labute approximate surface area is 138 Å². The van der Waals surface area contributed by atoms with Gasteiger partial charge in [0.2, 0.25) is 0 Å². The molecule has 0 aliphatic heterocycles. The SMILES string of the molecule is C[C@@H](CNC(=O)c1cc(=O)c2ccccc2[nH]1)Oc1cccnc1. The van der Waals surface area contributed by atoms with Gasteiger partial charge in [-0.3, -0.25) is 14.6 Å². The van der Waals surface area contributed by atoms with Gasteiger partial charge in [-0.15, -0.1) is 0 Å². The first-order valence-electron chi connectivity index (χ1n) is 7.60. The molecule has 24 heavy (non-hydrogen) atoms. The van der Waals surface area contributed by atoms with Gasteiger partial charge in [0.25, 0.3) is 5.91 Å². The number of nitrogens with zero attached hydrogens (tertiary/aromatic N) is 1. The highest BCUT2D eigenvalue weighted by Gasteiger charge is 2.11. The van der Waals surface area contributed by atoms with Crippen LogP contribution in [-0.2, 0) is 0 Å². The number of H-pyrrole nitrogens is 1. The number of nitrogens with one attached hydrogen (secondary N) is 2. The Hall–Kier alpha value is -3.15. The highest BCUT2D eigenvalue weighted by atomic mass is 16.5. The van der Waals surface area contributed by atoms with E-state index in [0.29, 0.717) is 23.2 Å². The standard InChI is InChI=1S/C18H17N3O3/c1-12(24-13-5-4-8-19-11-13)10-20-18(23)16-9-17(22)14-6-2-3-7-15(14)21-16/h2-9,11-12H,10H2,1H3,(H,20,23)(H,21,22)/t12-/m0/s1. The molecule has 0 saturated heterocycles. The summed E-state index contributed by atoms with van der Waals surface area (Å²) in [6, 6.07) is 12.0. The highest BCUT2D eigenvalue weighted by molar-refractivity contribution is 5.94. The third-order valence-corrected chi connectivity index (χ3v) is 3.50. The summed E-state index contributed by atoms with van der Waals surface area (Å²) in [4.78, 5) is 31.2. The molecule has 6 nitrogen and oxygen atoms in total. The smallest absolute Gasteiger partial charge is 0.267 e. The summed E-state index contributed by atoms with van der Waals surface area (Å²) >= 11 is 0. The van der Waals surface area contributed by atoms with Crippen molar-refractivity contribution in [2.75, 3.05) is 6.54 Å². The summed E-state index contributed by atoms with van der Waals surface area (Å²) in [5.41, 5.74) is 0.677. The molecule has 3 rings (SSSR count). The summed E-state index contributed by atoms with van der Waals surface area (Å²) in [6.07, 6.45) is 3.04. The number of hydrogen-bond donors (Lipinski definition) is 2. The number of para-hydroxylation sites is 1. The summed E-state index contributed by atoms with van der Waals surface area (Å²) in [5, 5.41) is 3.31. The number of amides is 1. The van der Waals surface area contributed by atoms with E-state index in [2.05, 4.69) is 15.3 Å². The van der Waals surface area contributed by atoms with Gasteiger partial charge in [0.15, 0.2) is 5.43 Å². The average molecular weight is 323 g/mol. The largest absolute Gasteiger partial charge is 0.487 e. The molecule has 1 aromatic carbocycles. The lowest BCUT2D eigenvalue weighted by Gasteiger charge is -2.15. The fraction of sp³-hybridized carbons (Fsp3) is 0.167. The molecular formula is C18H17N3O3. The van der Waals surface area contributed by atoms with E-state index in [9.17, 15) is 9.59 Å². The van der Waals surface area contributed by atoms with Crippen molar-refractivity contribution in [2.24, 2.45) is 0 Å². The van der Waals surface area contributed by atoms with Crippen molar-refractivity contribution in [3.63, 3.8) is 0 Å². The van der Waals surface area contributed by atoms with Crippen molar-refractivity contribution in [1.29, 1.82) is 0 Å². The minimum atomic E-state index is -0.348. The quantitative estimate of drug-likeness (QED) is 0.753. The van der Waals surface area contributed by atoms with Gasteiger partial charge in [0.1, 0.15) is 17.5 Å². The van der Waals surface area contributed by atoms with Crippen LogP contribution in [-0.4, -0.2) is 28.5 Å². The van der Waals surface area contributed by atoms with Crippen LogP contribution in [0.5, 0.6) is 5.75 Å². The normalized spacial score (nSPS) is 11.9. The zero-order valence-corrected chi connectivity index (χ0v) is 13.2. The first kappa shape index (κ1) is 15.7. The summed E-state index contributed by atoms with van der Waals surface area (Å²) in [5.74, 6) is 0.290. The Bertz CT molecular complexity index is 906. The second kappa shape index (κ2) is 6.95. The number of pyridine rings is 2. The van der Waals surface area contributed by atoms with Gasteiger partial charge in [0, 0.05) is 23.2 Å². The van der Waals surface area contributed by atoms with Crippen LogP contribution in [0.15, 0.2) is 59.7 Å². The highest BCUT2D eigenvalue weighted by Crippen LogP contribution is 2.09. The van der Waals surface area contributed by atoms with E-state index < -0.39 is 0 Å². The molecular weight excluding hydrogens is 306 g/mol. The zero-order valence-electron chi connectivity index (χ0n) is 13.2. The minimum Gasteiger partial charge on any atom is -0.487 e. The predicted octanol–water partition coefficient (Wildman–Crippen LogP) is 2.12. The molecule has 2 aromatic heterocycles. The molecule has 0 spiro atoms. The zero-order chi connectivity index (χ0) is 16.9. The fourth-order valence-electron chi connectivity index (χ4n) is 2.34. The average Bonchev–Trinajstić information content (AvgIpc) is 2.60. The van der Waals surface area contributed by atoms with Gasteiger partial charge in [-0.25, -0.2) is 0 Å². The van der Waals surface area contributed by atoms with Gasteiger partial charge in [-0.05, 0) is 31.2 Å². The lowest BCUT2D eigenvalue weighted by molar-refractivity contribution is 0.0927. The fourth-order valence-corrected chi connectivity index (χ4v) is 2.34. The topological polar surface area (TPSA) is 84.1 Å². The molecule has 3 aromatic rings. The molecule has 0 fully saturated rings. The van der Waals surface area contributed by atoms with E-state index in [1.165, 1.54) is 6.07 Å². The molecule has 0 aliphatic rings. The van der Waals surface area contributed by atoms with Crippen LogP contribution in [0.25, 0.3) is 10.9 Å². The summed E-state index contributed by atoms with van der Waals surface area (Å²) in [7, 11) is 0. The van der Waals surface area contributed by atoms with E-state index in [4.69, 9.17) is 4.74 Å². The van der Waals surface area contributed by atoms with Gasteiger partial charge >= 0.3 is 0 Å². The Balaban J connectivity index is 1.66. The van der Waals surface area contributed by atoms with Gasteiger partial charge in [0.05, 0.1) is 12.7 Å². The van der Waals surface area contributed by atoms with Crippen molar-refractivity contribution in [2.45, 2.75) is 13.0 Å². The van der Waals surface area contributed by atoms with Gasteiger partial charge in [-0.1, -0.05) is 12.1 Å². The van der Waals surface area contributed by atoms with E-state index in [1.54, 1.807) is 42.7 Å². The molecule has 122 valence electrons. The molecule has 0 bridgehead atoms. The Morgan fingerprint density at radius 3 is 2.92 bits per heavy atom. The first-order valence-corrected chi connectivity index (χ1v) is 7.60. The number of ether oxygens (including phenoxy) is 1. The Morgan fingerprint density at radius 2 is 2.12 bits per heavy atom. The van der Waals surface area contributed by atoms with Crippen LogP contribution in [0.3, 0.4) is 0 Å². The molecule has 0 aliphatic carbocycles. The molecule has 6 heteroatoms. The third kappa shape index (κ3) is 3.60. The van der Waals surface area contributed by atoms with Crippen LogP contribution < -0.4 is 15.5 Å². The maximum atomic E-state index is 12.2. The van der Waals surface area contributed by atoms with Crippen LogP contribution in [0.2, 0.25) is 0 Å². The number of aromatic nitrogens is 2. The monoisotopic (exact) mass is 323 g/mol. The number of carbonyl (C=O) groups excluding carboxylic acids is 1. The van der Waals surface area contributed by atoms with Crippen LogP contribution >= 0.6 is 0 Å². The van der Waals surface area contributed by atoms with Crippen LogP contribution in [0.4, 0.5) is 0 Å². The summed E-state index contributed by atoms with van der Waals surface area (Å²) in [6.45, 7) is 2.15. The van der Waals surface area contributed by atoms with Crippen LogP contribution in [0, 0.1) is 0 Å². The minimum absolute atomic E-state index is 0.186. The van der Waals surface area contributed by atoms with Gasteiger partial charge < -0.3 is 15.0 Å². The van der Waals surface area contributed by atoms with E-state index in [1.807, 2.05) is 13.0 Å². The number of hydrogen-bond acceptors (Lipinski definition) is 4. The van der Waals surface area contributed by atoms with Crippen LogP contribution in [0.1, 0.15) is 17.4 Å². The van der Waals surface area contributed by atoms with Gasteiger partial charge in [-0.2, -0.15) is 0 Å². The van der Waals surface area contributed by atoms with E-state index >= 15 is 0 Å². The van der Waals surface area contributed by atoms with E-state index in [0.717, 1.165) is 0 Å². The lowest BCUT2D eigenvalue weighted by atomic mass is 10.2. The molecule has 2 N–H and O–H groups in total. The number of fused-ring (bicyclic) bond motifs is 1. The maximum Gasteiger partial charge on any atom is 0.267 e. The first-order chi connectivity index (χ1) is 11.6. The summed E-state index contributed by atoms with van der Waals surface area (Å²) < 4.78 is 5.65. The molecule has 1 amide bonds. The number of rotatable bonds is 5. The third-order valence-electron chi connectivity index (χ3n) is 3.50. The van der Waals surface area contributed by atoms with Crippen molar-refractivity contribution in [3.8, 4) is 5.75 Å². The van der Waals surface area contributed by atoms with Crippen molar-refractivity contribution in [1.82, 2.24) is 15.3 Å². The molecule has 0 saturated carbocycles. The Morgan fingerprint density at radius 1 is 1.29 bits per heavy atom. The molecule has 0 radical (unpaired) electrons. The second-order valence-electron chi connectivity index (χ2n) is 5.42. The van der Waals surface area contributed by atoms with Crippen molar-refractivity contribution < 1.29 is 9.53 Å². The Kier molecular flexibility index (Phi) is 4.56. The maximum absolute atomic E-state index is 12.2. The van der Waals surface area contributed by atoms with E-state index in [-0.39, 0.29) is 23.1 Å². The van der Waals surface area contributed by atoms with Crippen molar-refractivity contribution >= 4 is 16.8 Å². The number of carbonyl (C=O) groups is 1. The number of aromatic amines is 1. The second-order valence-corrected chi connectivity index (χ2v) is 5.42. The molecule has 2 heterocycles. The van der Waals surface area contributed by atoms with Crippen molar-refractivity contribution in [3.05, 3.63) is 70.8 Å². The molecule has 1 atom stereocenters. The molecule has 0 unspecified atom stereocenters. The number of benzene rings is 1.